The topological polar surface area (TPSA) is 85.2 Å². The van der Waals surface area contributed by atoms with E-state index in [1.165, 1.54) is 12.1 Å². The van der Waals surface area contributed by atoms with Crippen LogP contribution in [0.1, 0.15) is 0 Å². The molecule has 0 aliphatic carbocycles. The zero-order chi connectivity index (χ0) is 11.0. The van der Waals surface area contributed by atoms with Crippen molar-refractivity contribution in [3.05, 3.63) is 22.2 Å². The van der Waals surface area contributed by atoms with E-state index >= 15 is 0 Å². The molecule has 0 aliphatic heterocycles. The Hall–Kier alpha value is -1.46. The third kappa shape index (κ3) is 1.84. The summed E-state index contributed by atoms with van der Waals surface area (Å²) >= 11 is 11.5. The molecule has 7 heteroatoms. The number of aromatic nitrogens is 2. The number of nitrogens with two attached hydrogens (primary N) is 1. The van der Waals surface area contributed by atoms with Crippen LogP contribution in [0, 0.1) is 0 Å². The van der Waals surface area contributed by atoms with Gasteiger partial charge in [0.1, 0.15) is 5.75 Å². The molecule has 0 unspecified atom stereocenters. The van der Waals surface area contributed by atoms with Crippen molar-refractivity contribution in [2.75, 3.05) is 5.73 Å². The molecule has 1 aromatic heterocycles. The average Bonchev–Trinajstić information content (AvgIpc) is 2.58. The van der Waals surface area contributed by atoms with Crippen molar-refractivity contribution >= 4 is 29.2 Å². The van der Waals surface area contributed by atoms with Crippen LogP contribution < -0.4 is 5.73 Å². The van der Waals surface area contributed by atoms with Gasteiger partial charge >= 0.3 is 6.01 Å². The van der Waals surface area contributed by atoms with Crippen molar-refractivity contribution in [3.63, 3.8) is 0 Å². The van der Waals surface area contributed by atoms with Gasteiger partial charge in [-0.25, -0.2) is 0 Å². The van der Waals surface area contributed by atoms with E-state index in [2.05, 4.69) is 10.2 Å². The summed E-state index contributed by atoms with van der Waals surface area (Å²) in [6, 6.07) is 2.76. The van der Waals surface area contributed by atoms with E-state index in [1.54, 1.807) is 0 Å². The normalized spacial score (nSPS) is 10.5. The summed E-state index contributed by atoms with van der Waals surface area (Å²) in [5.41, 5.74) is 5.50. The monoisotopic (exact) mass is 245 g/mol. The van der Waals surface area contributed by atoms with Crippen molar-refractivity contribution < 1.29 is 9.52 Å². The summed E-state index contributed by atoms with van der Waals surface area (Å²) in [5, 5.41) is 17.2. The molecule has 78 valence electrons. The van der Waals surface area contributed by atoms with Gasteiger partial charge in [-0.15, -0.1) is 5.10 Å². The van der Waals surface area contributed by atoms with Crippen LogP contribution in [0.3, 0.4) is 0 Å². The SMILES string of the molecule is Nc1nnc(-c2cc(Cl)cc(Cl)c2O)o1. The Bertz CT molecular complexity index is 513. The molecule has 0 radical (unpaired) electrons. The summed E-state index contributed by atoms with van der Waals surface area (Å²) in [4.78, 5) is 0. The van der Waals surface area contributed by atoms with E-state index in [4.69, 9.17) is 33.4 Å². The van der Waals surface area contributed by atoms with Gasteiger partial charge in [0.2, 0.25) is 0 Å². The van der Waals surface area contributed by atoms with Crippen molar-refractivity contribution in [2.24, 2.45) is 0 Å². The minimum Gasteiger partial charge on any atom is -0.506 e. The van der Waals surface area contributed by atoms with Crippen molar-refractivity contribution in [1.29, 1.82) is 0 Å². The number of hydrogen-bond acceptors (Lipinski definition) is 5. The fourth-order valence-corrected chi connectivity index (χ4v) is 1.57. The van der Waals surface area contributed by atoms with Crippen LogP contribution in [0.25, 0.3) is 11.5 Å². The highest BCUT2D eigenvalue weighted by atomic mass is 35.5. The number of rotatable bonds is 1. The Morgan fingerprint density at radius 1 is 1.27 bits per heavy atom. The molecule has 0 fully saturated rings. The maximum Gasteiger partial charge on any atom is 0.313 e. The molecule has 0 saturated carbocycles. The first-order chi connectivity index (χ1) is 7.08. The number of phenols is 1. The van der Waals surface area contributed by atoms with E-state index in [1.807, 2.05) is 0 Å². The number of nitrogens with zero attached hydrogens (tertiary/aromatic N) is 2. The molecule has 15 heavy (non-hydrogen) atoms. The number of hydrogen-bond donors (Lipinski definition) is 2. The summed E-state index contributed by atoms with van der Waals surface area (Å²) in [6.45, 7) is 0. The van der Waals surface area contributed by atoms with Gasteiger partial charge in [0.15, 0.2) is 0 Å². The van der Waals surface area contributed by atoms with Crippen LogP contribution in [0.4, 0.5) is 6.01 Å². The molecule has 2 aromatic rings. The van der Waals surface area contributed by atoms with Crippen molar-refractivity contribution in [1.82, 2.24) is 10.2 Å². The van der Waals surface area contributed by atoms with Crippen LogP contribution in [0.2, 0.25) is 10.0 Å². The molecule has 3 N–H and O–H groups in total. The first-order valence-corrected chi connectivity index (χ1v) is 4.61. The van der Waals surface area contributed by atoms with E-state index < -0.39 is 0 Å². The predicted molar refractivity (Wildman–Crippen MR) is 55.8 cm³/mol. The van der Waals surface area contributed by atoms with Crippen LogP contribution in [0.15, 0.2) is 16.5 Å². The van der Waals surface area contributed by atoms with Crippen molar-refractivity contribution in [3.8, 4) is 17.2 Å². The second-order valence-electron chi connectivity index (χ2n) is 2.73. The molecule has 0 amide bonds. The number of anilines is 1. The van der Waals surface area contributed by atoms with Gasteiger partial charge in [0.25, 0.3) is 5.89 Å². The molecule has 0 aliphatic rings. The average molecular weight is 246 g/mol. The minimum absolute atomic E-state index is 0.0643. The number of benzene rings is 1. The summed E-state index contributed by atoms with van der Waals surface area (Å²) in [7, 11) is 0. The van der Waals surface area contributed by atoms with Crippen molar-refractivity contribution in [2.45, 2.75) is 0 Å². The van der Waals surface area contributed by atoms with Gasteiger partial charge < -0.3 is 15.3 Å². The lowest BCUT2D eigenvalue weighted by molar-refractivity contribution is 0.474. The highest BCUT2D eigenvalue weighted by Crippen LogP contribution is 2.37. The molecular weight excluding hydrogens is 241 g/mol. The molecule has 1 aromatic carbocycles. The standard InChI is InChI=1S/C8H5Cl2N3O2/c9-3-1-4(6(14)5(10)2-3)7-12-13-8(11)15-7/h1-2,14H,(H2,11,13). The van der Waals surface area contributed by atoms with Crippen LogP contribution in [0.5, 0.6) is 5.75 Å². The van der Waals surface area contributed by atoms with Gasteiger partial charge in [-0.3, -0.25) is 0 Å². The molecule has 0 spiro atoms. The quantitative estimate of drug-likeness (QED) is 0.806. The molecule has 2 rings (SSSR count). The first kappa shape index (κ1) is 10.1. The van der Waals surface area contributed by atoms with Gasteiger partial charge in [-0.2, -0.15) is 0 Å². The third-order valence-corrected chi connectivity index (χ3v) is 2.21. The fourth-order valence-electron chi connectivity index (χ4n) is 1.07. The summed E-state index contributed by atoms with van der Waals surface area (Å²) in [6.07, 6.45) is 0. The maximum atomic E-state index is 9.63. The zero-order valence-electron chi connectivity index (χ0n) is 7.24. The molecule has 0 atom stereocenters. The lowest BCUT2D eigenvalue weighted by Crippen LogP contribution is -1.81. The molecule has 0 bridgehead atoms. The lowest BCUT2D eigenvalue weighted by atomic mass is 10.2. The number of aromatic hydroxyl groups is 1. The maximum absolute atomic E-state index is 9.63. The van der Waals surface area contributed by atoms with Crippen LogP contribution in [-0.4, -0.2) is 15.3 Å². The minimum atomic E-state index is -0.176. The zero-order valence-corrected chi connectivity index (χ0v) is 8.75. The van der Waals surface area contributed by atoms with Gasteiger partial charge in [-0.05, 0) is 12.1 Å². The first-order valence-electron chi connectivity index (χ1n) is 3.85. The summed E-state index contributed by atoms with van der Waals surface area (Å²) < 4.78 is 4.94. The fraction of sp³-hybridized carbons (Fsp3) is 0. The number of halogens is 2. The smallest absolute Gasteiger partial charge is 0.313 e. The second-order valence-corrected chi connectivity index (χ2v) is 3.57. The summed E-state index contributed by atoms with van der Waals surface area (Å²) in [5.74, 6) is -0.112. The Labute approximate surface area is 94.4 Å². The Morgan fingerprint density at radius 3 is 2.60 bits per heavy atom. The molecular formula is C8H5Cl2N3O2. The Morgan fingerprint density at radius 2 is 2.00 bits per heavy atom. The van der Waals surface area contributed by atoms with Gasteiger partial charge in [0, 0.05) is 5.02 Å². The van der Waals surface area contributed by atoms with E-state index in [0.717, 1.165) is 0 Å². The third-order valence-electron chi connectivity index (χ3n) is 1.70. The van der Waals surface area contributed by atoms with Crippen LogP contribution >= 0.6 is 23.2 Å². The number of nitrogen functional groups attached to an aromatic ring is 1. The predicted octanol–water partition coefficient (Wildman–Crippen LogP) is 2.33. The van der Waals surface area contributed by atoms with E-state index in [9.17, 15) is 5.11 Å². The second kappa shape index (κ2) is 3.60. The highest BCUT2D eigenvalue weighted by Gasteiger charge is 2.15. The highest BCUT2D eigenvalue weighted by molar-refractivity contribution is 6.36. The Balaban J connectivity index is 2.62. The Kier molecular flexibility index (Phi) is 2.42. The van der Waals surface area contributed by atoms with E-state index in [0.29, 0.717) is 5.02 Å². The van der Waals surface area contributed by atoms with Gasteiger partial charge in [0.05, 0.1) is 10.6 Å². The number of phenolic OH excluding ortho intramolecular Hbond substituents is 1. The van der Waals surface area contributed by atoms with E-state index in [-0.39, 0.29) is 28.2 Å². The van der Waals surface area contributed by atoms with Crippen LogP contribution in [-0.2, 0) is 0 Å². The molecule has 5 nitrogen and oxygen atoms in total. The van der Waals surface area contributed by atoms with Gasteiger partial charge in [-0.1, -0.05) is 28.3 Å². The largest absolute Gasteiger partial charge is 0.506 e. The molecule has 0 saturated heterocycles. The molecule has 1 heterocycles. The lowest BCUT2D eigenvalue weighted by Gasteiger charge is -2.02.